The summed E-state index contributed by atoms with van der Waals surface area (Å²) in [6.45, 7) is 1.99. The molecule has 1 aromatic rings. The molecule has 0 saturated heterocycles. The molecule has 0 atom stereocenters. The minimum absolute atomic E-state index is 0.0107. The quantitative estimate of drug-likeness (QED) is 0.668. The van der Waals surface area contributed by atoms with E-state index >= 15 is 0 Å². The predicted octanol–water partition coefficient (Wildman–Crippen LogP) is 2.51. The third-order valence-electron chi connectivity index (χ3n) is 1.89. The number of alkyl halides is 3. The van der Waals surface area contributed by atoms with Gasteiger partial charge in [0.15, 0.2) is 0 Å². The summed E-state index contributed by atoms with van der Waals surface area (Å²) < 4.78 is 41.9. The molecule has 0 fully saturated rings. The third-order valence-corrected chi connectivity index (χ3v) is 2.08. The smallest absolute Gasteiger partial charge is 0.451 e. The van der Waals surface area contributed by atoms with Gasteiger partial charge in [0.2, 0.25) is 5.82 Å². The minimum Gasteiger partial charge on any atom is -0.466 e. The van der Waals surface area contributed by atoms with Crippen LogP contribution in [0.3, 0.4) is 0 Å². The van der Waals surface area contributed by atoms with Crippen molar-refractivity contribution in [3.05, 3.63) is 17.0 Å². The van der Waals surface area contributed by atoms with Crippen LogP contribution in [0.25, 0.3) is 0 Å². The fourth-order valence-corrected chi connectivity index (χ4v) is 1.34. The lowest BCUT2D eigenvalue weighted by atomic mass is 10.4. The summed E-state index contributed by atoms with van der Waals surface area (Å²) in [5.41, 5.74) is 0. The van der Waals surface area contributed by atoms with Gasteiger partial charge in [0.1, 0.15) is 11.0 Å². The molecule has 1 rings (SSSR count). The Hall–Kier alpha value is -1.57. The van der Waals surface area contributed by atoms with Gasteiger partial charge in [-0.2, -0.15) is 13.2 Å². The number of nitrogens with zero attached hydrogens (tertiary/aromatic N) is 2. The first kappa shape index (κ1) is 15.5. The first-order chi connectivity index (χ1) is 8.82. The van der Waals surface area contributed by atoms with E-state index in [1.165, 1.54) is 0 Å². The molecule has 0 bridgehead atoms. The van der Waals surface area contributed by atoms with Crippen LogP contribution in [0.5, 0.6) is 0 Å². The maximum atomic E-state index is 12.4. The first-order valence-electron chi connectivity index (χ1n) is 5.34. The van der Waals surface area contributed by atoms with E-state index in [9.17, 15) is 18.0 Å². The number of esters is 1. The monoisotopic (exact) mass is 297 g/mol. The molecule has 0 aromatic carbocycles. The molecule has 9 heteroatoms. The maximum Gasteiger partial charge on any atom is 0.451 e. The van der Waals surface area contributed by atoms with Crippen LogP contribution in [0.1, 0.15) is 19.2 Å². The van der Waals surface area contributed by atoms with Gasteiger partial charge in [0, 0.05) is 12.6 Å². The van der Waals surface area contributed by atoms with Crippen LogP contribution in [0.4, 0.5) is 19.0 Å². The van der Waals surface area contributed by atoms with Gasteiger partial charge in [0.25, 0.3) is 0 Å². The number of carbonyl (C=O) groups is 1. The Kier molecular flexibility index (Phi) is 5.34. The zero-order valence-corrected chi connectivity index (χ0v) is 10.7. The van der Waals surface area contributed by atoms with Gasteiger partial charge < -0.3 is 10.1 Å². The Morgan fingerprint density at radius 1 is 1.47 bits per heavy atom. The number of rotatable bonds is 5. The van der Waals surface area contributed by atoms with Gasteiger partial charge in [-0.15, -0.1) is 0 Å². The summed E-state index contributed by atoms with van der Waals surface area (Å²) in [5, 5.41) is 2.22. The number of halogens is 4. The molecule has 0 saturated carbocycles. The Bertz CT molecular complexity index is 454. The number of carbonyl (C=O) groups excluding carboxylic acids is 1. The number of nitrogens with one attached hydrogen (secondary N) is 1. The Morgan fingerprint density at radius 2 is 2.16 bits per heavy atom. The average Bonchev–Trinajstić information content (AvgIpc) is 2.27. The lowest BCUT2D eigenvalue weighted by molar-refractivity contribution is -0.145. The van der Waals surface area contributed by atoms with Crippen LogP contribution in [0.2, 0.25) is 5.15 Å². The molecule has 19 heavy (non-hydrogen) atoms. The summed E-state index contributed by atoms with van der Waals surface area (Å²) in [5.74, 6) is -1.89. The van der Waals surface area contributed by atoms with Gasteiger partial charge in [-0.25, -0.2) is 9.97 Å². The molecule has 0 radical (unpaired) electrons. The second kappa shape index (κ2) is 6.55. The second-order valence-corrected chi connectivity index (χ2v) is 3.77. The lowest BCUT2D eigenvalue weighted by Crippen LogP contribution is -2.15. The van der Waals surface area contributed by atoms with Crippen LogP contribution >= 0.6 is 11.6 Å². The Morgan fingerprint density at radius 3 is 2.74 bits per heavy atom. The largest absolute Gasteiger partial charge is 0.466 e. The zero-order chi connectivity index (χ0) is 14.5. The van der Waals surface area contributed by atoms with E-state index in [1.807, 2.05) is 0 Å². The summed E-state index contributed by atoms with van der Waals surface area (Å²) >= 11 is 5.46. The molecule has 0 unspecified atom stereocenters. The molecule has 106 valence electrons. The SMILES string of the molecule is CCOC(=O)CCNc1cc(Cl)nc(C(F)(F)F)n1. The molecule has 1 N–H and O–H groups in total. The summed E-state index contributed by atoms with van der Waals surface area (Å²) in [6, 6.07) is 1.14. The van der Waals surface area contributed by atoms with E-state index in [4.69, 9.17) is 11.6 Å². The van der Waals surface area contributed by atoms with Gasteiger partial charge in [0.05, 0.1) is 13.0 Å². The fourth-order valence-electron chi connectivity index (χ4n) is 1.16. The van der Waals surface area contributed by atoms with E-state index in [1.54, 1.807) is 6.92 Å². The van der Waals surface area contributed by atoms with E-state index in [0.717, 1.165) is 6.07 Å². The Labute approximate surface area is 112 Å². The number of anilines is 1. The predicted molar refractivity (Wildman–Crippen MR) is 61.8 cm³/mol. The number of hydrogen-bond donors (Lipinski definition) is 1. The van der Waals surface area contributed by atoms with E-state index in [0.29, 0.717) is 0 Å². The fraction of sp³-hybridized carbons (Fsp3) is 0.500. The molecule has 1 aromatic heterocycles. The molecule has 0 amide bonds. The molecule has 0 aliphatic rings. The molecule has 5 nitrogen and oxygen atoms in total. The third kappa shape index (κ3) is 5.29. The number of aromatic nitrogens is 2. The molecule has 0 aliphatic heterocycles. The highest BCUT2D eigenvalue weighted by molar-refractivity contribution is 6.29. The summed E-state index contributed by atoms with van der Waals surface area (Å²) in [6.07, 6.45) is -4.67. The van der Waals surface area contributed by atoms with Crippen molar-refractivity contribution in [1.82, 2.24) is 9.97 Å². The lowest BCUT2D eigenvalue weighted by Gasteiger charge is -2.09. The minimum atomic E-state index is -4.68. The number of ether oxygens (including phenoxy) is 1. The van der Waals surface area contributed by atoms with Crippen LogP contribution in [0, 0.1) is 0 Å². The highest BCUT2D eigenvalue weighted by atomic mass is 35.5. The van der Waals surface area contributed by atoms with Crippen molar-refractivity contribution in [3.63, 3.8) is 0 Å². The summed E-state index contributed by atoms with van der Waals surface area (Å²) in [7, 11) is 0. The van der Waals surface area contributed by atoms with Crippen molar-refractivity contribution in [2.24, 2.45) is 0 Å². The normalized spacial score (nSPS) is 11.2. The van der Waals surface area contributed by atoms with Crippen molar-refractivity contribution in [2.75, 3.05) is 18.5 Å². The van der Waals surface area contributed by atoms with Crippen LogP contribution in [-0.4, -0.2) is 29.1 Å². The zero-order valence-electron chi connectivity index (χ0n) is 9.92. The average molecular weight is 298 g/mol. The summed E-state index contributed by atoms with van der Waals surface area (Å²) in [4.78, 5) is 17.4. The van der Waals surface area contributed by atoms with Crippen molar-refractivity contribution < 1.29 is 22.7 Å². The highest BCUT2D eigenvalue weighted by Gasteiger charge is 2.35. The second-order valence-electron chi connectivity index (χ2n) is 3.38. The maximum absolute atomic E-state index is 12.4. The van der Waals surface area contributed by atoms with Gasteiger partial charge in [-0.3, -0.25) is 4.79 Å². The van der Waals surface area contributed by atoms with Crippen LogP contribution in [-0.2, 0) is 15.7 Å². The molecule has 1 heterocycles. The van der Waals surface area contributed by atoms with Crippen LogP contribution < -0.4 is 5.32 Å². The molecule has 0 aliphatic carbocycles. The topological polar surface area (TPSA) is 64.1 Å². The van der Waals surface area contributed by atoms with Crippen molar-refractivity contribution in [1.29, 1.82) is 0 Å². The first-order valence-corrected chi connectivity index (χ1v) is 5.72. The molecule has 0 spiro atoms. The van der Waals surface area contributed by atoms with Crippen LogP contribution in [0.15, 0.2) is 6.07 Å². The highest BCUT2D eigenvalue weighted by Crippen LogP contribution is 2.28. The standard InChI is InChI=1S/C10H11ClF3N3O2/c1-2-19-8(18)3-4-15-7-5-6(11)16-9(17-7)10(12,13)14/h5H,2-4H2,1H3,(H,15,16,17). The van der Waals surface area contributed by atoms with E-state index in [-0.39, 0.29) is 30.5 Å². The molecular formula is C10H11ClF3N3O2. The van der Waals surface area contributed by atoms with E-state index < -0.39 is 18.0 Å². The number of hydrogen-bond acceptors (Lipinski definition) is 5. The van der Waals surface area contributed by atoms with Gasteiger partial charge in [-0.1, -0.05) is 11.6 Å². The molecular weight excluding hydrogens is 287 g/mol. The van der Waals surface area contributed by atoms with Gasteiger partial charge in [-0.05, 0) is 6.92 Å². The van der Waals surface area contributed by atoms with Crippen molar-refractivity contribution in [2.45, 2.75) is 19.5 Å². The Balaban J connectivity index is 2.64. The van der Waals surface area contributed by atoms with Gasteiger partial charge >= 0.3 is 12.1 Å². The van der Waals surface area contributed by atoms with E-state index in [2.05, 4.69) is 20.0 Å². The van der Waals surface area contributed by atoms with Crippen molar-refractivity contribution in [3.8, 4) is 0 Å². The van der Waals surface area contributed by atoms with Crippen molar-refractivity contribution >= 4 is 23.4 Å².